The molecule has 1 aromatic heterocycles. The number of hydrogen-bond acceptors (Lipinski definition) is 6. The van der Waals surface area contributed by atoms with Gasteiger partial charge in [-0.05, 0) is 51.0 Å². The molecule has 8 nitrogen and oxygen atoms in total. The molecule has 1 atom stereocenters. The molecule has 1 N–H and O–H groups in total. The lowest BCUT2D eigenvalue weighted by molar-refractivity contribution is -0.155. The van der Waals surface area contributed by atoms with Crippen molar-refractivity contribution in [3.05, 3.63) is 54.0 Å². The summed E-state index contributed by atoms with van der Waals surface area (Å²) in [4.78, 5) is 24.4. The van der Waals surface area contributed by atoms with Gasteiger partial charge in [-0.25, -0.2) is 8.42 Å². The second-order valence-electron chi connectivity index (χ2n) is 7.08. The number of aryl methyl sites for hydroxylation is 1. The van der Waals surface area contributed by atoms with Crippen LogP contribution in [0.3, 0.4) is 0 Å². The van der Waals surface area contributed by atoms with Gasteiger partial charge in [-0.2, -0.15) is 4.31 Å². The summed E-state index contributed by atoms with van der Waals surface area (Å²) in [7, 11) is -3.98. The van der Waals surface area contributed by atoms with Crippen LogP contribution in [-0.2, 0) is 30.9 Å². The first-order chi connectivity index (χ1) is 13.8. The first-order valence-corrected chi connectivity index (χ1v) is 10.8. The van der Waals surface area contributed by atoms with E-state index in [1.807, 2.05) is 6.92 Å². The summed E-state index contributed by atoms with van der Waals surface area (Å²) in [5.74, 6) is -0.821. The molecule has 0 saturated heterocycles. The molecular formula is C20H24N2O6S. The van der Waals surface area contributed by atoms with Crippen LogP contribution in [0.25, 0.3) is 0 Å². The predicted octanol–water partition coefficient (Wildman–Crippen LogP) is 1.99. The van der Waals surface area contributed by atoms with Gasteiger partial charge < -0.3 is 14.5 Å². The van der Waals surface area contributed by atoms with Crippen LogP contribution in [0, 0.1) is 6.92 Å². The standard InChI is InChI=1S/C20H24N2O6S/c1-14-5-9-18(10-6-14)29(25,26)22(12-17-4-3-11-27-17)13-19(23)28-15(2)20(24)21-16-7-8-16/h3-6,9-11,15-16H,7-8,12-13H2,1-2H3,(H,21,24)/t15-/m1/s1. The Morgan fingerprint density at radius 3 is 2.52 bits per heavy atom. The van der Waals surface area contributed by atoms with Crippen LogP contribution in [0.1, 0.15) is 31.1 Å². The Morgan fingerprint density at radius 1 is 1.24 bits per heavy atom. The number of furan rings is 1. The minimum Gasteiger partial charge on any atom is -0.468 e. The number of nitrogens with zero attached hydrogens (tertiary/aromatic N) is 1. The van der Waals surface area contributed by atoms with Gasteiger partial charge in [0.1, 0.15) is 12.3 Å². The molecular weight excluding hydrogens is 396 g/mol. The maximum Gasteiger partial charge on any atom is 0.322 e. The van der Waals surface area contributed by atoms with E-state index < -0.39 is 28.6 Å². The lowest BCUT2D eigenvalue weighted by atomic mass is 10.2. The van der Waals surface area contributed by atoms with Gasteiger partial charge in [0.05, 0.1) is 17.7 Å². The highest BCUT2D eigenvalue weighted by Crippen LogP contribution is 2.20. The fraction of sp³-hybridized carbons (Fsp3) is 0.400. The molecule has 1 heterocycles. The molecule has 0 radical (unpaired) electrons. The fourth-order valence-electron chi connectivity index (χ4n) is 2.64. The molecule has 0 bridgehead atoms. The average Bonchev–Trinajstić information content (AvgIpc) is 3.33. The Labute approximate surface area is 169 Å². The van der Waals surface area contributed by atoms with E-state index in [2.05, 4.69) is 5.32 Å². The normalized spacial score (nSPS) is 15.1. The Kier molecular flexibility index (Phi) is 6.39. The van der Waals surface area contributed by atoms with Gasteiger partial charge in [0.25, 0.3) is 5.91 Å². The molecule has 9 heteroatoms. The lowest BCUT2D eigenvalue weighted by Crippen LogP contribution is -2.41. The Bertz CT molecular complexity index is 949. The Balaban J connectivity index is 1.73. The van der Waals surface area contributed by atoms with Crippen molar-refractivity contribution in [2.24, 2.45) is 0 Å². The van der Waals surface area contributed by atoms with E-state index in [1.165, 1.54) is 25.3 Å². The quantitative estimate of drug-likeness (QED) is 0.622. The van der Waals surface area contributed by atoms with E-state index >= 15 is 0 Å². The van der Waals surface area contributed by atoms with Crippen molar-refractivity contribution in [2.45, 2.75) is 50.3 Å². The van der Waals surface area contributed by atoms with Crippen molar-refractivity contribution in [1.82, 2.24) is 9.62 Å². The van der Waals surface area contributed by atoms with Crippen LogP contribution >= 0.6 is 0 Å². The molecule has 0 unspecified atom stereocenters. The summed E-state index contributed by atoms with van der Waals surface area (Å²) in [6.07, 6.45) is 2.25. The molecule has 1 aliphatic carbocycles. The van der Waals surface area contributed by atoms with Crippen molar-refractivity contribution < 1.29 is 27.2 Å². The van der Waals surface area contributed by atoms with Gasteiger partial charge in [-0.15, -0.1) is 0 Å². The molecule has 1 aliphatic rings. The molecule has 0 aliphatic heterocycles. The van der Waals surface area contributed by atoms with E-state index in [4.69, 9.17) is 9.15 Å². The highest BCUT2D eigenvalue weighted by atomic mass is 32.2. The van der Waals surface area contributed by atoms with E-state index in [1.54, 1.807) is 24.3 Å². The van der Waals surface area contributed by atoms with Gasteiger partial charge in [0.15, 0.2) is 6.10 Å². The number of ether oxygens (including phenoxy) is 1. The van der Waals surface area contributed by atoms with Crippen LogP contribution < -0.4 is 5.32 Å². The number of sulfonamides is 1. The summed E-state index contributed by atoms with van der Waals surface area (Å²) >= 11 is 0. The molecule has 1 saturated carbocycles. The van der Waals surface area contributed by atoms with Gasteiger partial charge >= 0.3 is 5.97 Å². The van der Waals surface area contributed by atoms with E-state index in [0.29, 0.717) is 5.76 Å². The number of benzene rings is 1. The largest absolute Gasteiger partial charge is 0.468 e. The van der Waals surface area contributed by atoms with Crippen LogP contribution in [0.5, 0.6) is 0 Å². The number of carbonyl (C=O) groups is 2. The Morgan fingerprint density at radius 2 is 1.93 bits per heavy atom. The van der Waals surface area contributed by atoms with Crippen molar-refractivity contribution in [3.63, 3.8) is 0 Å². The third-order valence-electron chi connectivity index (χ3n) is 4.48. The molecule has 1 fully saturated rings. The average molecular weight is 420 g/mol. The topological polar surface area (TPSA) is 106 Å². The van der Waals surface area contributed by atoms with Gasteiger partial charge in [-0.1, -0.05) is 17.7 Å². The van der Waals surface area contributed by atoms with E-state index in [9.17, 15) is 18.0 Å². The predicted molar refractivity (Wildman–Crippen MR) is 104 cm³/mol. The van der Waals surface area contributed by atoms with Crippen molar-refractivity contribution >= 4 is 21.9 Å². The summed E-state index contributed by atoms with van der Waals surface area (Å²) in [5.41, 5.74) is 0.913. The fourth-order valence-corrected chi connectivity index (χ4v) is 3.99. The second-order valence-corrected chi connectivity index (χ2v) is 9.02. The summed E-state index contributed by atoms with van der Waals surface area (Å²) in [5, 5.41) is 2.75. The zero-order valence-electron chi connectivity index (χ0n) is 16.3. The number of rotatable bonds is 9. The van der Waals surface area contributed by atoms with Gasteiger partial charge in [-0.3, -0.25) is 9.59 Å². The maximum absolute atomic E-state index is 13.1. The van der Waals surface area contributed by atoms with Crippen molar-refractivity contribution in [1.29, 1.82) is 0 Å². The van der Waals surface area contributed by atoms with Crippen LogP contribution in [0.15, 0.2) is 52.0 Å². The number of esters is 1. The minimum atomic E-state index is -3.98. The minimum absolute atomic E-state index is 0.0574. The number of carbonyl (C=O) groups excluding carboxylic acids is 2. The van der Waals surface area contributed by atoms with Gasteiger partial charge in [0.2, 0.25) is 10.0 Å². The first kappa shape index (κ1) is 21.1. The van der Waals surface area contributed by atoms with Crippen LogP contribution in [0.4, 0.5) is 0 Å². The monoisotopic (exact) mass is 420 g/mol. The third kappa shape index (κ3) is 5.68. The Hall–Kier alpha value is -2.65. The summed E-state index contributed by atoms with van der Waals surface area (Å²) < 4.78 is 37.5. The molecule has 2 aromatic rings. The van der Waals surface area contributed by atoms with Crippen LogP contribution in [0.2, 0.25) is 0 Å². The SMILES string of the molecule is Cc1ccc(S(=O)(=O)N(CC(=O)O[C@H](C)C(=O)NC2CC2)Cc2ccco2)cc1. The summed E-state index contributed by atoms with van der Waals surface area (Å²) in [6.45, 7) is 2.63. The zero-order valence-corrected chi connectivity index (χ0v) is 17.1. The number of hydrogen-bond donors (Lipinski definition) is 1. The van der Waals surface area contributed by atoms with Crippen molar-refractivity contribution in [2.75, 3.05) is 6.54 Å². The number of amides is 1. The molecule has 156 valence electrons. The van der Waals surface area contributed by atoms with E-state index in [-0.39, 0.29) is 23.4 Å². The number of nitrogens with one attached hydrogen (secondary N) is 1. The molecule has 3 rings (SSSR count). The maximum atomic E-state index is 13.1. The molecule has 29 heavy (non-hydrogen) atoms. The molecule has 0 spiro atoms. The second kappa shape index (κ2) is 8.79. The molecule has 1 amide bonds. The lowest BCUT2D eigenvalue weighted by Gasteiger charge is -2.21. The first-order valence-electron chi connectivity index (χ1n) is 9.35. The highest BCUT2D eigenvalue weighted by Gasteiger charge is 2.31. The van der Waals surface area contributed by atoms with Gasteiger partial charge in [0, 0.05) is 6.04 Å². The highest BCUT2D eigenvalue weighted by molar-refractivity contribution is 7.89. The molecule has 1 aromatic carbocycles. The summed E-state index contributed by atoms with van der Waals surface area (Å²) in [6, 6.07) is 9.72. The smallest absolute Gasteiger partial charge is 0.322 e. The van der Waals surface area contributed by atoms with E-state index in [0.717, 1.165) is 22.7 Å². The van der Waals surface area contributed by atoms with Crippen molar-refractivity contribution in [3.8, 4) is 0 Å². The van der Waals surface area contributed by atoms with Crippen LogP contribution in [-0.4, -0.2) is 43.3 Å². The third-order valence-corrected chi connectivity index (χ3v) is 6.28. The zero-order chi connectivity index (χ0) is 21.0.